The molecule has 0 saturated carbocycles. The highest BCUT2D eigenvalue weighted by Crippen LogP contribution is 2.25. The molecule has 2 aliphatic heterocycles. The summed E-state index contributed by atoms with van der Waals surface area (Å²) in [5, 5.41) is 11.5. The maximum atomic E-state index is 13.0. The number of rotatable bonds is 7. The monoisotopic (exact) mass is 447 g/mol. The predicted octanol–water partition coefficient (Wildman–Crippen LogP) is 1.10. The van der Waals surface area contributed by atoms with Crippen LogP contribution in [0.5, 0.6) is 0 Å². The summed E-state index contributed by atoms with van der Waals surface area (Å²) in [6.07, 6.45) is 2.67. The minimum atomic E-state index is -1.01. The van der Waals surface area contributed by atoms with Crippen molar-refractivity contribution in [3.63, 3.8) is 0 Å². The molecule has 3 amide bonds. The summed E-state index contributed by atoms with van der Waals surface area (Å²) >= 11 is 4.37. The molecule has 2 N–H and O–H groups in total. The third kappa shape index (κ3) is 5.39. The number of amides is 3. The summed E-state index contributed by atoms with van der Waals surface area (Å²) in [6.45, 7) is 2.40. The van der Waals surface area contributed by atoms with E-state index in [0.29, 0.717) is 45.2 Å². The zero-order valence-corrected chi connectivity index (χ0v) is 18.5. The number of aliphatic carboxylic acids is 1. The van der Waals surface area contributed by atoms with Gasteiger partial charge in [-0.05, 0) is 44.6 Å². The van der Waals surface area contributed by atoms with Crippen LogP contribution in [-0.4, -0.2) is 75.1 Å². The van der Waals surface area contributed by atoms with E-state index >= 15 is 0 Å². The van der Waals surface area contributed by atoms with Crippen LogP contribution in [0.1, 0.15) is 38.2 Å². The zero-order chi connectivity index (χ0) is 22.5. The number of carbonyl (C=O) groups is 4. The minimum Gasteiger partial charge on any atom is -0.480 e. The summed E-state index contributed by atoms with van der Waals surface area (Å²) in [7, 11) is 0. The Morgan fingerprint density at radius 3 is 2.32 bits per heavy atom. The van der Waals surface area contributed by atoms with Crippen molar-refractivity contribution < 1.29 is 24.3 Å². The van der Waals surface area contributed by atoms with Gasteiger partial charge in [-0.25, -0.2) is 4.79 Å². The van der Waals surface area contributed by atoms with Gasteiger partial charge in [-0.1, -0.05) is 30.3 Å². The first-order valence-corrected chi connectivity index (χ1v) is 11.2. The first-order chi connectivity index (χ1) is 14.8. The fourth-order valence-electron chi connectivity index (χ4n) is 4.32. The maximum Gasteiger partial charge on any atom is 0.326 e. The molecule has 0 spiro atoms. The highest BCUT2D eigenvalue weighted by atomic mass is 32.1. The van der Waals surface area contributed by atoms with Gasteiger partial charge >= 0.3 is 5.97 Å². The van der Waals surface area contributed by atoms with Crippen molar-refractivity contribution in [1.82, 2.24) is 15.1 Å². The van der Waals surface area contributed by atoms with Gasteiger partial charge in [0.2, 0.25) is 17.7 Å². The van der Waals surface area contributed by atoms with Gasteiger partial charge in [0.15, 0.2) is 0 Å². The van der Waals surface area contributed by atoms with Crippen LogP contribution in [0.15, 0.2) is 30.3 Å². The normalized spacial score (nSPS) is 22.8. The number of carbonyl (C=O) groups excluding carboxylic acids is 3. The van der Waals surface area contributed by atoms with E-state index in [1.165, 1.54) is 9.80 Å². The number of hydrogen-bond acceptors (Lipinski definition) is 5. The Bertz CT molecular complexity index is 834. The van der Waals surface area contributed by atoms with Crippen molar-refractivity contribution in [3.8, 4) is 0 Å². The van der Waals surface area contributed by atoms with E-state index in [1.54, 1.807) is 6.92 Å². The van der Waals surface area contributed by atoms with E-state index in [0.717, 1.165) is 5.56 Å². The van der Waals surface area contributed by atoms with Gasteiger partial charge in [0.25, 0.3) is 0 Å². The summed E-state index contributed by atoms with van der Waals surface area (Å²) in [5.41, 5.74) is 0.973. The number of benzene rings is 1. The molecular formula is C22H29N3O5S. The molecule has 2 fully saturated rings. The summed E-state index contributed by atoms with van der Waals surface area (Å²) < 4.78 is 0. The van der Waals surface area contributed by atoms with Crippen molar-refractivity contribution in [2.24, 2.45) is 0 Å². The highest BCUT2D eigenvalue weighted by Gasteiger charge is 2.43. The largest absolute Gasteiger partial charge is 0.480 e. The molecule has 31 heavy (non-hydrogen) atoms. The molecule has 0 radical (unpaired) electrons. The fourth-order valence-corrected chi connectivity index (χ4v) is 4.60. The predicted molar refractivity (Wildman–Crippen MR) is 118 cm³/mol. The van der Waals surface area contributed by atoms with Gasteiger partial charge in [-0.3, -0.25) is 14.4 Å². The molecule has 1 aromatic rings. The van der Waals surface area contributed by atoms with Crippen LogP contribution in [0.2, 0.25) is 0 Å². The molecule has 1 aromatic carbocycles. The molecule has 2 heterocycles. The van der Waals surface area contributed by atoms with Crippen LogP contribution < -0.4 is 5.32 Å². The van der Waals surface area contributed by atoms with Crippen molar-refractivity contribution >= 4 is 36.3 Å². The first kappa shape index (κ1) is 23.1. The van der Waals surface area contributed by atoms with Crippen molar-refractivity contribution in [3.05, 3.63) is 35.9 Å². The molecule has 3 rings (SSSR count). The number of nitrogens with one attached hydrogen (secondary N) is 1. The quantitative estimate of drug-likeness (QED) is 0.543. The second-order valence-corrected chi connectivity index (χ2v) is 8.78. The lowest BCUT2D eigenvalue weighted by molar-refractivity contribution is -0.152. The van der Waals surface area contributed by atoms with E-state index < -0.39 is 29.3 Å². The van der Waals surface area contributed by atoms with Crippen LogP contribution in [-0.2, 0) is 25.6 Å². The average Bonchev–Trinajstić information content (AvgIpc) is 3.43. The van der Waals surface area contributed by atoms with Crippen LogP contribution in [0, 0.1) is 0 Å². The van der Waals surface area contributed by atoms with Gasteiger partial charge < -0.3 is 20.2 Å². The van der Waals surface area contributed by atoms with Crippen LogP contribution in [0.25, 0.3) is 0 Å². The van der Waals surface area contributed by atoms with E-state index in [-0.39, 0.29) is 17.7 Å². The third-order valence-corrected chi connectivity index (χ3v) is 6.36. The number of likely N-dealkylation sites (tertiary alicyclic amines) is 2. The van der Waals surface area contributed by atoms with Crippen LogP contribution in [0.3, 0.4) is 0 Å². The standard InChI is InChI=1S/C22H29N3O5S/c1-14(23-19(26)18(31)13-15-7-3-2-4-8-15)20(27)24-11-5-9-16(24)21(28)25-12-6-10-17(25)22(29)30/h2-4,7-8,14,16-18,31H,5-6,9-13H2,1H3,(H,23,26)(H,29,30)/t14-,16-,17-,18?/m0/s1. The number of thiol groups is 1. The van der Waals surface area contributed by atoms with Crippen LogP contribution >= 0.6 is 12.6 Å². The SMILES string of the molecule is C[C@H](NC(=O)C(S)Cc1ccccc1)C(=O)N1CCC[C@H]1C(=O)N1CCC[C@H]1C(=O)O. The molecule has 1 unspecified atom stereocenters. The molecule has 9 heteroatoms. The first-order valence-electron chi connectivity index (χ1n) is 10.7. The van der Waals surface area contributed by atoms with E-state index in [9.17, 15) is 24.3 Å². The summed E-state index contributed by atoms with van der Waals surface area (Å²) in [5.74, 6) is -2.01. The highest BCUT2D eigenvalue weighted by molar-refractivity contribution is 7.81. The summed E-state index contributed by atoms with van der Waals surface area (Å²) in [4.78, 5) is 52.8. The Balaban J connectivity index is 1.59. The van der Waals surface area contributed by atoms with Gasteiger partial charge in [0, 0.05) is 13.1 Å². The smallest absolute Gasteiger partial charge is 0.326 e. The van der Waals surface area contributed by atoms with Crippen LogP contribution in [0.4, 0.5) is 0 Å². The average molecular weight is 448 g/mol. The minimum absolute atomic E-state index is 0.314. The second kappa shape index (κ2) is 10.2. The van der Waals surface area contributed by atoms with E-state index in [4.69, 9.17) is 0 Å². The molecular weight excluding hydrogens is 418 g/mol. The van der Waals surface area contributed by atoms with Gasteiger partial charge in [-0.2, -0.15) is 12.6 Å². The Morgan fingerprint density at radius 2 is 1.68 bits per heavy atom. The number of nitrogens with zero attached hydrogens (tertiary/aromatic N) is 2. The molecule has 4 atom stereocenters. The Hall–Kier alpha value is -2.55. The van der Waals surface area contributed by atoms with Gasteiger partial charge in [0.05, 0.1) is 5.25 Å². The summed E-state index contributed by atoms with van der Waals surface area (Å²) in [6, 6.07) is 7.18. The topological polar surface area (TPSA) is 107 Å². The number of carboxylic acid groups (broad SMARTS) is 1. The zero-order valence-electron chi connectivity index (χ0n) is 17.6. The Kier molecular flexibility index (Phi) is 7.59. The molecule has 8 nitrogen and oxygen atoms in total. The number of carboxylic acids is 1. The van der Waals surface area contributed by atoms with Crippen molar-refractivity contribution in [2.45, 2.75) is 62.4 Å². The third-order valence-electron chi connectivity index (χ3n) is 5.95. The molecule has 0 aromatic heterocycles. The maximum absolute atomic E-state index is 13.0. The van der Waals surface area contributed by atoms with Crippen molar-refractivity contribution in [2.75, 3.05) is 13.1 Å². The fraction of sp³-hybridized carbons (Fsp3) is 0.545. The lowest BCUT2D eigenvalue weighted by atomic mass is 10.1. The molecule has 2 aliphatic rings. The van der Waals surface area contributed by atoms with Gasteiger partial charge in [-0.15, -0.1) is 0 Å². The lowest BCUT2D eigenvalue weighted by Gasteiger charge is -2.31. The number of hydrogen-bond donors (Lipinski definition) is 3. The molecule has 168 valence electrons. The van der Waals surface area contributed by atoms with E-state index in [1.807, 2.05) is 30.3 Å². The molecule has 0 bridgehead atoms. The Morgan fingerprint density at radius 1 is 1.06 bits per heavy atom. The molecule has 0 aliphatic carbocycles. The Labute approximate surface area is 187 Å². The van der Waals surface area contributed by atoms with Gasteiger partial charge in [0.1, 0.15) is 18.1 Å². The lowest BCUT2D eigenvalue weighted by Crippen LogP contribution is -2.55. The van der Waals surface area contributed by atoms with E-state index in [2.05, 4.69) is 17.9 Å². The molecule has 2 saturated heterocycles. The second-order valence-electron chi connectivity index (χ2n) is 8.15. The van der Waals surface area contributed by atoms with Crippen molar-refractivity contribution in [1.29, 1.82) is 0 Å².